The molecule has 0 saturated heterocycles. The van der Waals surface area contributed by atoms with Gasteiger partial charge >= 0.3 is 5.97 Å². The van der Waals surface area contributed by atoms with E-state index in [-0.39, 0.29) is 11.4 Å². The Morgan fingerprint density at radius 2 is 1.93 bits per heavy atom. The third-order valence-electron chi connectivity index (χ3n) is 5.05. The molecule has 0 spiro atoms. The van der Waals surface area contributed by atoms with E-state index in [2.05, 4.69) is 48.4 Å². The lowest BCUT2D eigenvalue weighted by Crippen LogP contribution is -2.45. The van der Waals surface area contributed by atoms with Crippen molar-refractivity contribution < 1.29 is 13.9 Å². The Morgan fingerprint density at radius 1 is 1.25 bits per heavy atom. The van der Waals surface area contributed by atoms with Crippen LogP contribution in [0.5, 0.6) is 0 Å². The summed E-state index contributed by atoms with van der Waals surface area (Å²) in [5.74, 6) is -0.709. The van der Waals surface area contributed by atoms with Crippen molar-refractivity contribution in [1.29, 1.82) is 0 Å². The molecule has 1 aliphatic heterocycles. The summed E-state index contributed by atoms with van der Waals surface area (Å²) in [6.45, 7) is 9.19. The number of benzene rings is 2. The lowest BCUT2D eigenvalue weighted by molar-refractivity contribution is 0.0601. The number of ether oxygens (including phenoxy) is 1. The summed E-state index contributed by atoms with van der Waals surface area (Å²) in [5.41, 5.74) is 4.41. The fraction of sp³-hybridized carbons (Fsp3) is 0.304. The molecule has 2 aromatic rings. The number of rotatable bonds is 4. The maximum atomic E-state index is 14.8. The van der Waals surface area contributed by atoms with Crippen LogP contribution in [-0.2, 0) is 4.74 Å². The van der Waals surface area contributed by atoms with E-state index < -0.39 is 5.97 Å². The molecule has 1 aliphatic rings. The minimum absolute atomic E-state index is 0.157. The number of aliphatic imine (C=N–C) groups is 1. The zero-order valence-electron chi connectivity index (χ0n) is 16.9. The summed E-state index contributed by atoms with van der Waals surface area (Å²) in [5, 5.41) is 0. The second-order valence-corrected chi connectivity index (χ2v) is 7.41. The van der Waals surface area contributed by atoms with Crippen LogP contribution >= 0.6 is 0 Å². The van der Waals surface area contributed by atoms with Crippen LogP contribution in [-0.4, -0.2) is 31.4 Å². The van der Waals surface area contributed by atoms with Gasteiger partial charge in [0.25, 0.3) is 0 Å². The van der Waals surface area contributed by atoms with Gasteiger partial charge in [0.05, 0.1) is 23.9 Å². The largest absolute Gasteiger partial charge is 0.465 e. The smallest absolute Gasteiger partial charge is 0.337 e. The molecule has 0 fully saturated rings. The number of hydrogen-bond donors (Lipinski definition) is 0. The summed E-state index contributed by atoms with van der Waals surface area (Å²) in [6.07, 6.45) is 3.73. The average Bonchev–Trinajstić information content (AvgIpc) is 2.66. The van der Waals surface area contributed by atoms with Crippen LogP contribution < -0.4 is 4.90 Å². The van der Waals surface area contributed by atoms with E-state index in [1.807, 2.05) is 6.07 Å². The Labute approximate surface area is 165 Å². The van der Waals surface area contributed by atoms with Crippen LogP contribution in [0.1, 0.15) is 49.2 Å². The predicted molar refractivity (Wildman–Crippen MR) is 112 cm³/mol. The van der Waals surface area contributed by atoms with Crippen LogP contribution in [0.3, 0.4) is 0 Å². The third-order valence-corrected chi connectivity index (χ3v) is 5.05. The van der Waals surface area contributed by atoms with Gasteiger partial charge in [0, 0.05) is 29.6 Å². The Kier molecular flexibility index (Phi) is 5.36. The van der Waals surface area contributed by atoms with Crippen LogP contribution in [0.2, 0.25) is 0 Å². The highest BCUT2D eigenvalue weighted by Gasteiger charge is 2.30. The highest BCUT2D eigenvalue weighted by molar-refractivity contribution is 5.91. The number of fused-ring (bicyclic) bond motifs is 1. The van der Waals surface area contributed by atoms with Gasteiger partial charge in [-0.2, -0.15) is 0 Å². The number of halogens is 1. The summed E-state index contributed by atoms with van der Waals surface area (Å²) >= 11 is 0. The van der Waals surface area contributed by atoms with Gasteiger partial charge in [-0.25, -0.2) is 9.18 Å². The van der Waals surface area contributed by atoms with Crippen molar-refractivity contribution in [3.8, 4) is 0 Å². The standard InChI is InChI=1S/C23H25FN2O2/c1-6-26-21-12-20(24)17(11-19(21)15(2)13-23(26,3)4)14-25-18-9-7-16(8-10-18)22(27)28-5/h7-14H,6H2,1-5H3. The van der Waals surface area contributed by atoms with E-state index in [1.165, 1.54) is 13.3 Å². The van der Waals surface area contributed by atoms with E-state index >= 15 is 0 Å². The number of carbonyl (C=O) groups is 1. The molecule has 0 saturated carbocycles. The topological polar surface area (TPSA) is 41.9 Å². The van der Waals surface area contributed by atoms with Crippen LogP contribution in [0, 0.1) is 5.82 Å². The first-order valence-corrected chi connectivity index (χ1v) is 9.30. The monoisotopic (exact) mass is 380 g/mol. The zero-order chi connectivity index (χ0) is 20.5. The molecule has 0 unspecified atom stereocenters. The molecule has 0 atom stereocenters. The Balaban J connectivity index is 1.93. The second-order valence-electron chi connectivity index (χ2n) is 7.41. The summed E-state index contributed by atoms with van der Waals surface area (Å²) in [6, 6.07) is 10.1. The molecule has 0 aromatic heterocycles. The molecule has 2 aromatic carbocycles. The van der Waals surface area contributed by atoms with E-state index in [0.29, 0.717) is 16.8 Å². The highest BCUT2D eigenvalue weighted by Crippen LogP contribution is 2.39. The van der Waals surface area contributed by atoms with Gasteiger partial charge in [-0.1, -0.05) is 6.08 Å². The van der Waals surface area contributed by atoms with Crippen LogP contribution in [0.25, 0.3) is 5.57 Å². The Morgan fingerprint density at radius 3 is 2.54 bits per heavy atom. The Bertz CT molecular complexity index is 959. The first-order valence-electron chi connectivity index (χ1n) is 9.30. The summed E-state index contributed by atoms with van der Waals surface area (Å²) < 4.78 is 19.5. The molecular formula is C23H25FN2O2. The third kappa shape index (κ3) is 3.70. The van der Waals surface area contributed by atoms with Crippen molar-refractivity contribution in [2.24, 2.45) is 4.99 Å². The molecule has 3 rings (SSSR count). The van der Waals surface area contributed by atoms with Crippen molar-refractivity contribution >= 4 is 29.1 Å². The van der Waals surface area contributed by atoms with E-state index in [0.717, 1.165) is 23.4 Å². The number of allylic oxidation sites excluding steroid dienone is 1. The van der Waals surface area contributed by atoms with Crippen LogP contribution in [0.4, 0.5) is 15.8 Å². The quantitative estimate of drug-likeness (QED) is 0.528. The van der Waals surface area contributed by atoms with Gasteiger partial charge < -0.3 is 9.64 Å². The fourth-order valence-corrected chi connectivity index (χ4v) is 3.74. The van der Waals surface area contributed by atoms with E-state index in [1.54, 1.807) is 30.3 Å². The van der Waals surface area contributed by atoms with Crippen molar-refractivity contribution in [3.63, 3.8) is 0 Å². The van der Waals surface area contributed by atoms with Gasteiger partial charge in [-0.05, 0) is 69.7 Å². The minimum Gasteiger partial charge on any atom is -0.465 e. The lowest BCUT2D eigenvalue weighted by Gasteiger charge is -2.42. The van der Waals surface area contributed by atoms with Crippen LogP contribution in [0.15, 0.2) is 47.5 Å². The molecule has 1 heterocycles. The van der Waals surface area contributed by atoms with Crippen molar-refractivity contribution in [1.82, 2.24) is 0 Å². The number of hydrogen-bond acceptors (Lipinski definition) is 4. The number of anilines is 1. The molecule has 0 radical (unpaired) electrons. The second kappa shape index (κ2) is 7.58. The van der Waals surface area contributed by atoms with Gasteiger partial charge in [0.2, 0.25) is 0 Å². The molecule has 146 valence electrons. The molecule has 0 amide bonds. The van der Waals surface area contributed by atoms with Gasteiger partial charge in [-0.3, -0.25) is 4.99 Å². The summed E-state index contributed by atoms with van der Waals surface area (Å²) in [4.78, 5) is 18.0. The molecule has 5 heteroatoms. The van der Waals surface area contributed by atoms with Crippen molar-refractivity contribution in [2.45, 2.75) is 33.2 Å². The Hall–Kier alpha value is -2.95. The highest BCUT2D eigenvalue weighted by atomic mass is 19.1. The van der Waals surface area contributed by atoms with Gasteiger partial charge in [0.15, 0.2) is 0 Å². The zero-order valence-corrected chi connectivity index (χ0v) is 16.9. The molecule has 4 nitrogen and oxygen atoms in total. The van der Waals surface area contributed by atoms with E-state index in [9.17, 15) is 9.18 Å². The van der Waals surface area contributed by atoms with Gasteiger partial charge in [-0.15, -0.1) is 0 Å². The number of methoxy groups -OCH3 is 1. The number of nitrogens with zero attached hydrogens (tertiary/aromatic N) is 2. The molecule has 0 aliphatic carbocycles. The van der Waals surface area contributed by atoms with Gasteiger partial charge in [0.1, 0.15) is 5.82 Å². The number of likely N-dealkylation sites (N-methyl/N-ethyl adjacent to an activating group) is 1. The SMILES string of the molecule is CCN1c2cc(F)c(C=Nc3ccc(C(=O)OC)cc3)cc2C(C)=CC1(C)C. The maximum Gasteiger partial charge on any atom is 0.337 e. The minimum atomic E-state index is -0.401. The molecule has 0 bridgehead atoms. The predicted octanol–water partition coefficient (Wildman–Crippen LogP) is 5.38. The number of carbonyl (C=O) groups excluding carboxylic acids is 1. The fourth-order valence-electron chi connectivity index (χ4n) is 3.74. The first-order chi connectivity index (χ1) is 13.3. The molecule has 28 heavy (non-hydrogen) atoms. The van der Waals surface area contributed by atoms with E-state index in [4.69, 9.17) is 0 Å². The average molecular weight is 380 g/mol. The lowest BCUT2D eigenvalue weighted by atomic mass is 9.88. The van der Waals surface area contributed by atoms with Crippen molar-refractivity contribution in [3.05, 3.63) is 65.0 Å². The molecular weight excluding hydrogens is 355 g/mol. The maximum absolute atomic E-state index is 14.8. The van der Waals surface area contributed by atoms with Crippen molar-refractivity contribution in [2.75, 3.05) is 18.6 Å². The number of esters is 1. The molecule has 0 N–H and O–H groups in total. The first kappa shape index (κ1) is 19.8. The summed E-state index contributed by atoms with van der Waals surface area (Å²) in [7, 11) is 1.34. The normalized spacial score (nSPS) is 15.4.